The van der Waals surface area contributed by atoms with Gasteiger partial charge in [0.1, 0.15) is 0 Å². The molecule has 2 aromatic carbocycles. The third kappa shape index (κ3) is 9.12. The smallest absolute Gasteiger partial charge is 0.261 e. The predicted molar refractivity (Wildman–Crippen MR) is 194 cm³/mol. The summed E-state index contributed by atoms with van der Waals surface area (Å²) in [7, 11) is -0.556. The third-order valence-corrected chi connectivity index (χ3v) is 16.7. The number of hydrogen-bond donors (Lipinski definition) is 0. The molecule has 234 valence electrons. The fraction of sp³-hybridized carbons (Fsp3) is 0.471. The Morgan fingerprint density at radius 2 is 1.26 bits per heavy atom. The summed E-state index contributed by atoms with van der Waals surface area (Å²) in [5, 5.41) is 3.10. The third-order valence-electron chi connectivity index (χ3n) is 7.59. The molecule has 0 aliphatic carbocycles. The van der Waals surface area contributed by atoms with E-state index in [9.17, 15) is 0 Å². The van der Waals surface area contributed by atoms with E-state index in [0.717, 1.165) is 17.5 Å². The summed E-state index contributed by atoms with van der Waals surface area (Å²) in [6.07, 6.45) is 12.0. The second kappa shape index (κ2) is 14.4. The zero-order valence-corrected chi connectivity index (χ0v) is 33.5. The van der Waals surface area contributed by atoms with Crippen molar-refractivity contribution in [3.8, 4) is 0 Å². The van der Waals surface area contributed by atoms with E-state index in [1.807, 2.05) is 42.7 Å². The molecule has 0 bridgehead atoms. The van der Waals surface area contributed by atoms with Crippen molar-refractivity contribution in [1.82, 2.24) is 19.9 Å². The molecule has 0 saturated carbocycles. The topological polar surface area (TPSA) is 51.6 Å². The van der Waals surface area contributed by atoms with Crippen molar-refractivity contribution in [3.05, 3.63) is 96.1 Å². The molecule has 0 aliphatic heterocycles. The van der Waals surface area contributed by atoms with Crippen molar-refractivity contribution in [3.63, 3.8) is 0 Å². The second-order valence-electron chi connectivity index (χ2n) is 15.2. The van der Waals surface area contributed by atoms with Gasteiger partial charge < -0.3 is 0 Å². The molecular weight excluding hydrogens is 638 g/mol. The summed E-state index contributed by atoms with van der Waals surface area (Å²) >= 11 is 0. The van der Waals surface area contributed by atoms with Gasteiger partial charge in [-0.2, -0.15) is 39.7 Å². The van der Waals surface area contributed by atoms with E-state index >= 15 is 0 Å². The molecule has 0 amide bonds. The molecule has 43 heavy (non-hydrogen) atoms. The largest absolute Gasteiger partial charge is 2.00 e. The molecule has 4 aromatic rings. The Morgan fingerprint density at radius 1 is 0.791 bits per heavy atom. The molecule has 1 atom stereocenters. The molecule has 0 aliphatic rings. The summed E-state index contributed by atoms with van der Waals surface area (Å²) in [5.74, 6) is 0. The average molecular weight is 691 g/mol. The van der Waals surface area contributed by atoms with Crippen LogP contribution in [-0.4, -0.2) is 46.4 Å². The quantitative estimate of drug-likeness (QED) is 0.111. The summed E-state index contributed by atoms with van der Waals surface area (Å²) < 4.78 is 0. The van der Waals surface area contributed by atoms with Crippen LogP contribution in [-0.2, 0) is 28.4 Å². The molecule has 9 heteroatoms. The van der Waals surface area contributed by atoms with Gasteiger partial charge in [0.25, 0.3) is 0 Å². The zero-order chi connectivity index (χ0) is 31.6. The number of nitrogens with zero attached hydrogens (tertiary/aromatic N) is 4. The molecule has 2 aromatic heterocycles. The minimum Gasteiger partial charge on any atom is -0.261 e. The van der Waals surface area contributed by atoms with Crippen LogP contribution in [0.2, 0.25) is 39.3 Å². The summed E-state index contributed by atoms with van der Waals surface area (Å²) in [6.45, 7) is 29.6. The van der Waals surface area contributed by atoms with Crippen LogP contribution < -0.4 is 10.4 Å². The van der Waals surface area contributed by atoms with Crippen molar-refractivity contribution < 1.29 is 17.1 Å². The predicted octanol–water partition coefficient (Wildman–Crippen LogP) is 8.22. The molecule has 4 rings (SSSR count). The summed E-state index contributed by atoms with van der Waals surface area (Å²) in [4.78, 5) is 18.7. The van der Waals surface area contributed by atoms with Crippen LogP contribution >= 0.6 is 17.2 Å². The van der Waals surface area contributed by atoms with Crippen molar-refractivity contribution in [2.75, 3.05) is 0 Å². The van der Waals surface area contributed by atoms with Crippen LogP contribution in [0.15, 0.2) is 73.6 Å². The molecule has 1 unspecified atom stereocenters. The minimum atomic E-state index is -1.71. The molecule has 2 heterocycles. The van der Waals surface area contributed by atoms with E-state index in [-0.39, 0.29) is 35.3 Å². The normalized spacial score (nSPS) is 12.9. The second-order valence-corrected chi connectivity index (χ2v) is 30.0. The van der Waals surface area contributed by atoms with E-state index in [0.29, 0.717) is 0 Å². The van der Waals surface area contributed by atoms with Crippen molar-refractivity contribution in [2.45, 2.75) is 102 Å². The van der Waals surface area contributed by atoms with Gasteiger partial charge in [-0.25, -0.2) is 18.2 Å². The van der Waals surface area contributed by atoms with E-state index < -0.39 is 21.3 Å². The Labute approximate surface area is 277 Å². The molecular formula is C34H52FeN4P2Si2. The zero-order valence-electron chi connectivity index (χ0n) is 28.3. The Balaban J connectivity index is 0.000000973. The van der Waals surface area contributed by atoms with E-state index in [1.54, 1.807) is 40.7 Å². The van der Waals surface area contributed by atoms with Gasteiger partial charge in [-0.1, -0.05) is 88.7 Å². The fourth-order valence-corrected chi connectivity index (χ4v) is 16.0. The Bertz CT molecular complexity index is 1330. The van der Waals surface area contributed by atoms with Gasteiger partial charge >= 0.3 is 17.1 Å². The maximum absolute atomic E-state index is 4.86. The first-order chi connectivity index (χ1) is 19.3. The molecule has 0 spiro atoms. The number of aromatic nitrogens is 4. The fourth-order valence-electron chi connectivity index (χ4n) is 5.94. The SMILES string of the molecule is CC(C)(C)P(Cc1c(C(P)(c2cnccn2)c2cnccn2)cc([Si](C)(C)C)[c-]1[Si](C)(C)C)C(C)(C)C.[Fe+2].c1cc[cH-]c1. The van der Waals surface area contributed by atoms with Gasteiger partial charge in [-0.05, 0) is 16.5 Å². The van der Waals surface area contributed by atoms with Crippen LogP contribution in [0.25, 0.3) is 0 Å². The maximum atomic E-state index is 4.86. The Morgan fingerprint density at radius 3 is 1.56 bits per heavy atom. The summed E-state index contributed by atoms with van der Waals surface area (Å²) in [6, 6.07) is 12.5. The molecule has 0 radical (unpaired) electrons. The molecule has 0 fully saturated rings. The van der Waals surface area contributed by atoms with Crippen LogP contribution in [0.5, 0.6) is 0 Å². The van der Waals surface area contributed by atoms with Crippen LogP contribution in [0.1, 0.15) is 64.1 Å². The van der Waals surface area contributed by atoms with Crippen molar-refractivity contribution in [1.29, 1.82) is 0 Å². The van der Waals surface area contributed by atoms with Crippen LogP contribution in [0.3, 0.4) is 0 Å². The van der Waals surface area contributed by atoms with Gasteiger partial charge in [0.05, 0.1) is 19.5 Å². The minimum absolute atomic E-state index is 0. The van der Waals surface area contributed by atoms with Crippen molar-refractivity contribution in [2.24, 2.45) is 0 Å². The first-order valence-electron chi connectivity index (χ1n) is 14.9. The van der Waals surface area contributed by atoms with Gasteiger partial charge in [-0.15, -0.1) is 9.24 Å². The van der Waals surface area contributed by atoms with Gasteiger partial charge in [0.15, 0.2) is 0 Å². The van der Waals surface area contributed by atoms with Gasteiger partial charge in [0, 0.05) is 50.4 Å². The number of hydrogen-bond acceptors (Lipinski definition) is 4. The van der Waals surface area contributed by atoms with Crippen LogP contribution in [0.4, 0.5) is 0 Å². The molecule has 0 N–H and O–H groups in total. The standard InChI is InChI=1S/C29H47N4P2Si2.C5H5.Fe/c1-27(2,3)35(28(4,5)6)20-21-22(17-23(36(7,8)9)26(21)37(10,11)12)29(34,24-18-30-13-15-32-24)25-19-31-14-16-33-25;1-2-4-5-3-1;/h13-19H,20,34H2,1-12H3;1-5H;/q2*-1;+2. The first-order valence-corrected chi connectivity index (χ1v) is 24.0. The average Bonchev–Trinajstić information content (AvgIpc) is 3.58. The van der Waals surface area contributed by atoms with E-state index in [1.165, 1.54) is 5.56 Å². The Kier molecular flexibility index (Phi) is 12.7. The van der Waals surface area contributed by atoms with Crippen molar-refractivity contribution >= 4 is 43.7 Å². The Hall–Kier alpha value is -1.33. The van der Waals surface area contributed by atoms with Crippen LogP contribution in [0, 0.1) is 0 Å². The number of rotatable bonds is 7. The van der Waals surface area contributed by atoms with Gasteiger partial charge in [0.2, 0.25) is 0 Å². The van der Waals surface area contributed by atoms with E-state index in [4.69, 9.17) is 9.97 Å². The maximum Gasteiger partial charge on any atom is 2.00 e. The first kappa shape index (κ1) is 37.9. The molecule has 0 saturated heterocycles. The monoisotopic (exact) mass is 690 g/mol. The van der Waals surface area contributed by atoms with E-state index in [2.05, 4.69) is 106 Å². The van der Waals surface area contributed by atoms with Gasteiger partial charge in [-0.3, -0.25) is 19.9 Å². The molecule has 4 nitrogen and oxygen atoms in total. The summed E-state index contributed by atoms with van der Waals surface area (Å²) in [5.41, 5.74) is 4.66.